The number of aliphatic hydroxyl groups is 1. The molecule has 3 aromatic rings. The molecule has 5 rings (SSSR count). The van der Waals surface area contributed by atoms with Gasteiger partial charge in [-0.15, -0.1) is 11.3 Å². The first-order valence-corrected chi connectivity index (χ1v) is 11.5. The average molecular weight is 458 g/mol. The first-order valence-electron chi connectivity index (χ1n) is 9.87. The van der Waals surface area contributed by atoms with Crippen molar-refractivity contribution in [3.05, 3.63) is 53.1 Å². The van der Waals surface area contributed by atoms with Crippen molar-refractivity contribution >= 4 is 45.2 Å². The molecule has 3 atom stereocenters. The molecule has 31 heavy (non-hydrogen) atoms. The van der Waals surface area contributed by atoms with Crippen LogP contribution in [0.4, 0.5) is 0 Å². The normalized spacial score (nSPS) is 21.5. The largest absolute Gasteiger partial charge is 0.477 e. The van der Waals surface area contributed by atoms with Crippen molar-refractivity contribution in [1.82, 2.24) is 14.5 Å². The number of aryl methyl sites for hydroxylation is 1. The number of amides is 1. The third kappa shape index (κ3) is 3.44. The molecule has 0 aliphatic carbocycles. The fourth-order valence-corrected chi connectivity index (χ4v) is 6.63. The minimum absolute atomic E-state index is 0.0253. The van der Waals surface area contributed by atoms with Gasteiger partial charge in [-0.2, -0.15) is 0 Å². The van der Waals surface area contributed by atoms with Gasteiger partial charge in [-0.25, -0.2) is 18.9 Å². The number of nitrogens with zero attached hydrogens (tertiary/aromatic N) is 4. The maximum Gasteiger partial charge on any atom is 0.353 e. The van der Waals surface area contributed by atoms with E-state index >= 15 is 0 Å². The van der Waals surface area contributed by atoms with Gasteiger partial charge in [-0.1, -0.05) is 17.8 Å². The quantitative estimate of drug-likeness (QED) is 0.434. The molecule has 4 heterocycles. The van der Waals surface area contributed by atoms with Crippen molar-refractivity contribution in [3.63, 3.8) is 0 Å². The van der Waals surface area contributed by atoms with Crippen molar-refractivity contribution in [2.75, 3.05) is 0 Å². The molecule has 10 heteroatoms. The van der Waals surface area contributed by atoms with Crippen LogP contribution in [-0.4, -0.2) is 48.7 Å². The number of carbonyl (C=O) groups excluding carboxylic acids is 1. The molecule has 0 radical (unpaired) electrons. The number of carboxylic acid groups (broad SMARTS) is 1. The highest BCUT2D eigenvalue weighted by Gasteiger charge is 2.56. The molecule has 0 unspecified atom stereocenters. The van der Waals surface area contributed by atoms with Crippen molar-refractivity contribution in [3.8, 4) is 0 Å². The van der Waals surface area contributed by atoms with E-state index in [1.54, 1.807) is 6.92 Å². The van der Waals surface area contributed by atoms with Gasteiger partial charge in [0, 0.05) is 11.3 Å². The van der Waals surface area contributed by atoms with E-state index in [1.165, 1.54) is 28.0 Å². The summed E-state index contributed by atoms with van der Waals surface area (Å²) in [6.45, 7) is 2.31. The molecule has 160 valence electrons. The van der Waals surface area contributed by atoms with Gasteiger partial charge in [-0.3, -0.25) is 4.79 Å². The molecule has 0 bridgehead atoms. The fraction of sp³-hybridized carbons (Fsp3) is 0.333. The highest BCUT2D eigenvalue weighted by molar-refractivity contribution is 8.04. The van der Waals surface area contributed by atoms with Gasteiger partial charge < -0.3 is 15.1 Å². The summed E-state index contributed by atoms with van der Waals surface area (Å²) in [6.07, 6.45) is 5.65. The molecular formula is C21H21N4O4S2+. The van der Waals surface area contributed by atoms with Gasteiger partial charge >= 0.3 is 5.97 Å². The number of fused-ring (bicyclic) bond motifs is 2. The lowest BCUT2D eigenvalue weighted by molar-refractivity contribution is -0.671. The zero-order valence-corrected chi connectivity index (χ0v) is 18.6. The maximum atomic E-state index is 12.4. The molecular weight excluding hydrogens is 436 g/mol. The first-order chi connectivity index (χ1) is 14.8. The van der Waals surface area contributed by atoms with Crippen LogP contribution in [0.15, 0.2) is 51.9 Å². The van der Waals surface area contributed by atoms with Gasteiger partial charge in [0.2, 0.25) is 12.2 Å². The summed E-state index contributed by atoms with van der Waals surface area (Å²) in [5.41, 5.74) is 2.03. The van der Waals surface area contributed by atoms with Crippen LogP contribution in [0.3, 0.4) is 0 Å². The van der Waals surface area contributed by atoms with Gasteiger partial charge in [0.05, 0.1) is 35.3 Å². The number of carbonyl (C=O) groups is 2. The summed E-state index contributed by atoms with van der Waals surface area (Å²) in [6, 6.07) is 5.88. The summed E-state index contributed by atoms with van der Waals surface area (Å²) in [5.74, 6) is -1.98. The van der Waals surface area contributed by atoms with Crippen LogP contribution >= 0.6 is 23.1 Å². The summed E-state index contributed by atoms with van der Waals surface area (Å²) < 4.78 is 5.85. The Morgan fingerprint density at radius 1 is 1.45 bits per heavy atom. The third-order valence-electron chi connectivity index (χ3n) is 5.72. The lowest BCUT2D eigenvalue weighted by Crippen LogP contribution is -2.61. The highest BCUT2D eigenvalue weighted by Crippen LogP contribution is 2.49. The van der Waals surface area contributed by atoms with Crippen LogP contribution < -0.4 is 4.57 Å². The second-order valence-corrected chi connectivity index (χ2v) is 10.3. The van der Waals surface area contributed by atoms with E-state index in [0.29, 0.717) is 11.3 Å². The number of hydrogen-bond donors (Lipinski definition) is 2. The molecule has 1 amide bonds. The van der Waals surface area contributed by atoms with E-state index in [9.17, 15) is 19.8 Å². The van der Waals surface area contributed by atoms with Crippen molar-refractivity contribution in [2.45, 2.75) is 36.4 Å². The summed E-state index contributed by atoms with van der Waals surface area (Å²) in [5, 5.41) is 19.6. The topological polar surface area (TPSA) is 99.5 Å². The summed E-state index contributed by atoms with van der Waals surface area (Å²) in [4.78, 5) is 30.9. The lowest BCUT2D eigenvalue weighted by atomic mass is 9.83. The molecule has 2 aliphatic rings. The molecule has 2 N–H and O–H groups in total. The van der Waals surface area contributed by atoms with Crippen molar-refractivity contribution in [2.24, 2.45) is 13.0 Å². The number of rotatable bonds is 6. The lowest BCUT2D eigenvalue weighted by Gasteiger charge is -2.44. The summed E-state index contributed by atoms with van der Waals surface area (Å²) in [7, 11) is 1.98. The Labute approximate surface area is 186 Å². The zero-order chi connectivity index (χ0) is 21.9. The number of carboxylic acids is 1. The van der Waals surface area contributed by atoms with Gasteiger partial charge in [0.1, 0.15) is 24.6 Å². The Morgan fingerprint density at radius 3 is 2.94 bits per heavy atom. The van der Waals surface area contributed by atoms with Crippen LogP contribution in [0.2, 0.25) is 0 Å². The molecule has 1 aromatic carbocycles. The third-order valence-corrected chi connectivity index (χ3v) is 7.93. The Balaban J connectivity index is 1.40. The van der Waals surface area contributed by atoms with E-state index < -0.39 is 18.0 Å². The average Bonchev–Trinajstić information content (AvgIpc) is 3.37. The smallest absolute Gasteiger partial charge is 0.353 e. The van der Waals surface area contributed by atoms with E-state index in [2.05, 4.69) is 16.7 Å². The monoisotopic (exact) mass is 457 g/mol. The highest BCUT2D eigenvalue weighted by atomic mass is 32.2. The first kappa shape index (κ1) is 20.2. The number of thioether (sulfide) groups is 1. The van der Waals surface area contributed by atoms with Crippen LogP contribution in [-0.2, 0) is 23.2 Å². The number of imidazole rings is 1. The molecule has 1 fully saturated rings. The van der Waals surface area contributed by atoms with E-state index in [-0.39, 0.29) is 17.6 Å². The Morgan fingerprint density at radius 2 is 2.26 bits per heavy atom. The number of aliphatic hydroxyl groups excluding tert-OH is 1. The van der Waals surface area contributed by atoms with Gasteiger partial charge in [-0.05, 0) is 24.6 Å². The van der Waals surface area contributed by atoms with Gasteiger partial charge in [0.15, 0.2) is 4.34 Å². The van der Waals surface area contributed by atoms with Crippen molar-refractivity contribution in [1.29, 1.82) is 0 Å². The number of aromatic nitrogens is 3. The number of thiazole rings is 1. The maximum absolute atomic E-state index is 12.4. The summed E-state index contributed by atoms with van der Waals surface area (Å²) >= 11 is 2.82. The molecule has 2 aromatic heterocycles. The molecule has 0 spiro atoms. The fourth-order valence-electron chi connectivity index (χ4n) is 4.33. The van der Waals surface area contributed by atoms with E-state index in [1.807, 2.05) is 36.4 Å². The number of hydrogen-bond acceptors (Lipinski definition) is 6. The molecule has 8 nitrogen and oxygen atoms in total. The Bertz CT molecular complexity index is 1250. The van der Waals surface area contributed by atoms with Crippen LogP contribution in [0, 0.1) is 5.92 Å². The van der Waals surface area contributed by atoms with E-state index in [4.69, 9.17) is 4.98 Å². The second kappa shape index (κ2) is 7.47. The van der Waals surface area contributed by atoms with Crippen LogP contribution in [0.25, 0.3) is 10.2 Å². The second-order valence-electron chi connectivity index (χ2n) is 7.96. The number of aliphatic carboxylic acids is 1. The predicted molar refractivity (Wildman–Crippen MR) is 115 cm³/mol. The SMILES string of the molecule is C[C@@H](O)[C@H]1C(=O)N2C(C(=O)O)=C(Sc3nc4cc(Cn5cc[n+](C)c5)ccc4s3)C[C@H]12. The number of benzene rings is 1. The van der Waals surface area contributed by atoms with E-state index in [0.717, 1.165) is 26.7 Å². The standard InChI is InChI=1S/C21H20N4O4S2/c1-11(26)17-14-8-16(18(20(28)29)25(14)19(17)27)31-21-22-13-7-12(3-4-15(13)30-21)9-24-6-5-23(2)10-24/h3-7,10-11,14,17,26H,8-9H2,1-2H3/p+1/t11-,14-,17-/m1/s1. The van der Waals surface area contributed by atoms with Crippen molar-refractivity contribution < 1.29 is 24.4 Å². The minimum atomic E-state index is -1.12. The Hall–Kier alpha value is -2.69. The van der Waals surface area contributed by atoms with Crippen LogP contribution in [0.1, 0.15) is 18.9 Å². The van der Waals surface area contributed by atoms with Gasteiger partial charge in [0.25, 0.3) is 0 Å². The molecule has 0 saturated carbocycles. The Kier molecular flexibility index (Phi) is 4.87. The molecule has 2 aliphatic heterocycles. The molecule has 1 saturated heterocycles. The minimum Gasteiger partial charge on any atom is -0.477 e. The number of β-lactam (4-membered cyclic amide) rings is 1. The zero-order valence-electron chi connectivity index (χ0n) is 16.9. The van der Waals surface area contributed by atoms with Crippen LogP contribution in [0.5, 0.6) is 0 Å². The predicted octanol–water partition coefficient (Wildman–Crippen LogP) is 1.97.